The fourth-order valence-corrected chi connectivity index (χ4v) is 2.55. The number of amides is 1. The van der Waals surface area contributed by atoms with Gasteiger partial charge < -0.3 is 10.4 Å². The van der Waals surface area contributed by atoms with E-state index in [0.717, 1.165) is 12.5 Å². The molecule has 1 aliphatic rings. The third kappa shape index (κ3) is 3.10. The summed E-state index contributed by atoms with van der Waals surface area (Å²) in [6, 6.07) is 3.72. The van der Waals surface area contributed by atoms with E-state index in [2.05, 4.69) is 5.32 Å². The number of aryl methyl sites for hydroxylation is 1. The quantitative estimate of drug-likeness (QED) is 0.879. The molecule has 1 aromatic carbocycles. The van der Waals surface area contributed by atoms with E-state index in [1.807, 2.05) is 0 Å². The number of rotatable bonds is 3. The van der Waals surface area contributed by atoms with Crippen LogP contribution < -0.4 is 5.32 Å². The van der Waals surface area contributed by atoms with Crippen LogP contribution in [0.2, 0.25) is 0 Å². The first-order valence-corrected chi connectivity index (χ1v) is 6.28. The zero-order valence-electron chi connectivity index (χ0n) is 10.6. The molecular formula is C14H16FNO3. The number of halogens is 1. The number of carboxylic acid groups (broad SMARTS) is 1. The average Bonchev–Trinajstić information content (AvgIpc) is 2.75. The zero-order valence-corrected chi connectivity index (χ0v) is 10.6. The number of carbonyl (C=O) groups is 2. The molecule has 2 N–H and O–H groups in total. The molecule has 0 aromatic heterocycles. The lowest BCUT2D eigenvalue weighted by Gasteiger charge is -2.17. The van der Waals surface area contributed by atoms with Crippen molar-refractivity contribution < 1.29 is 19.1 Å². The number of hydrogen-bond donors (Lipinski definition) is 2. The summed E-state index contributed by atoms with van der Waals surface area (Å²) in [6.45, 7) is 1.70. The molecule has 0 heterocycles. The van der Waals surface area contributed by atoms with Crippen LogP contribution in [0, 0.1) is 18.7 Å². The van der Waals surface area contributed by atoms with E-state index < -0.39 is 23.6 Å². The van der Waals surface area contributed by atoms with E-state index in [1.54, 1.807) is 13.0 Å². The normalized spacial score (nSPS) is 22.2. The third-order valence-corrected chi connectivity index (χ3v) is 3.45. The summed E-state index contributed by atoms with van der Waals surface area (Å²) in [5.74, 6) is -2.32. The first-order chi connectivity index (χ1) is 8.97. The number of nitrogens with one attached hydrogen (secondary N) is 1. The lowest BCUT2D eigenvalue weighted by Crippen LogP contribution is -2.40. The second-order valence-electron chi connectivity index (χ2n) is 4.97. The molecule has 5 heteroatoms. The molecule has 1 fully saturated rings. The average molecular weight is 265 g/mol. The molecule has 0 spiro atoms. The van der Waals surface area contributed by atoms with Crippen LogP contribution in [-0.4, -0.2) is 23.0 Å². The predicted octanol–water partition coefficient (Wildman–Crippen LogP) is 2.12. The standard InChI is InChI=1S/C14H16FNO3/c1-8-5-9(7-10(15)6-8)13(17)16-12-4-2-3-11(12)14(18)19/h5-7,11-12H,2-4H2,1H3,(H,16,17)(H,18,19). The minimum Gasteiger partial charge on any atom is -0.481 e. The zero-order chi connectivity index (χ0) is 14.0. The molecule has 1 aliphatic carbocycles. The summed E-state index contributed by atoms with van der Waals surface area (Å²) in [6.07, 6.45) is 2.00. The van der Waals surface area contributed by atoms with E-state index >= 15 is 0 Å². The maximum absolute atomic E-state index is 13.2. The Hall–Kier alpha value is -1.91. The number of aliphatic carboxylic acids is 1. The summed E-state index contributed by atoms with van der Waals surface area (Å²) in [5.41, 5.74) is 0.889. The van der Waals surface area contributed by atoms with E-state index in [1.165, 1.54) is 6.07 Å². The van der Waals surface area contributed by atoms with Crippen molar-refractivity contribution in [3.8, 4) is 0 Å². The van der Waals surface area contributed by atoms with Crippen molar-refractivity contribution in [3.05, 3.63) is 35.1 Å². The summed E-state index contributed by atoms with van der Waals surface area (Å²) in [7, 11) is 0. The summed E-state index contributed by atoms with van der Waals surface area (Å²) >= 11 is 0. The SMILES string of the molecule is Cc1cc(F)cc(C(=O)NC2CCCC2C(=O)O)c1. The van der Waals surface area contributed by atoms with Gasteiger partial charge in [0.2, 0.25) is 0 Å². The van der Waals surface area contributed by atoms with Crippen LogP contribution in [0.3, 0.4) is 0 Å². The van der Waals surface area contributed by atoms with Crippen LogP contribution in [0.25, 0.3) is 0 Å². The molecule has 2 atom stereocenters. The molecule has 0 bridgehead atoms. The van der Waals surface area contributed by atoms with Crippen molar-refractivity contribution in [2.75, 3.05) is 0 Å². The molecule has 0 aliphatic heterocycles. The van der Waals surface area contributed by atoms with Gasteiger partial charge in [0.05, 0.1) is 5.92 Å². The molecular weight excluding hydrogens is 249 g/mol. The van der Waals surface area contributed by atoms with Gasteiger partial charge in [0.25, 0.3) is 5.91 Å². The van der Waals surface area contributed by atoms with Crippen LogP contribution in [0.4, 0.5) is 4.39 Å². The summed E-state index contributed by atoms with van der Waals surface area (Å²) in [5, 5.41) is 11.7. The molecule has 1 saturated carbocycles. The molecule has 0 saturated heterocycles. The van der Waals surface area contributed by atoms with Gasteiger partial charge in [0, 0.05) is 11.6 Å². The Morgan fingerprint density at radius 2 is 2.05 bits per heavy atom. The minimum atomic E-state index is -0.891. The Bertz CT molecular complexity index is 495. The first kappa shape index (κ1) is 13.5. The first-order valence-electron chi connectivity index (χ1n) is 6.28. The van der Waals surface area contributed by atoms with E-state index in [-0.39, 0.29) is 11.6 Å². The van der Waals surface area contributed by atoms with Gasteiger partial charge in [-0.3, -0.25) is 9.59 Å². The molecule has 19 heavy (non-hydrogen) atoms. The van der Waals surface area contributed by atoms with Gasteiger partial charge in [0.1, 0.15) is 5.82 Å². The molecule has 1 amide bonds. The molecule has 2 unspecified atom stereocenters. The van der Waals surface area contributed by atoms with Crippen molar-refractivity contribution in [2.24, 2.45) is 5.92 Å². The maximum Gasteiger partial charge on any atom is 0.308 e. The van der Waals surface area contributed by atoms with E-state index in [4.69, 9.17) is 5.11 Å². The molecule has 102 valence electrons. The lowest BCUT2D eigenvalue weighted by atomic mass is 10.0. The summed E-state index contributed by atoms with van der Waals surface area (Å²) in [4.78, 5) is 23.0. The second kappa shape index (κ2) is 5.38. The Morgan fingerprint density at radius 1 is 1.32 bits per heavy atom. The van der Waals surface area contributed by atoms with Gasteiger partial charge in [0.15, 0.2) is 0 Å². The highest BCUT2D eigenvalue weighted by Gasteiger charge is 2.34. The van der Waals surface area contributed by atoms with Crippen molar-refractivity contribution in [1.29, 1.82) is 0 Å². The molecule has 0 radical (unpaired) electrons. The van der Waals surface area contributed by atoms with Crippen LogP contribution in [0.1, 0.15) is 35.2 Å². The van der Waals surface area contributed by atoms with Gasteiger partial charge in [-0.25, -0.2) is 4.39 Å². The Morgan fingerprint density at radius 3 is 2.68 bits per heavy atom. The highest BCUT2D eigenvalue weighted by Crippen LogP contribution is 2.26. The lowest BCUT2D eigenvalue weighted by molar-refractivity contribution is -0.142. The van der Waals surface area contributed by atoms with Crippen molar-refractivity contribution in [2.45, 2.75) is 32.2 Å². The number of hydrogen-bond acceptors (Lipinski definition) is 2. The fraction of sp³-hybridized carbons (Fsp3) is 0.429. The Kier molecular flexibility index (Phi) is 3.83. The van der Waals surface area contributed by atoms with Gasteiger partial charge in [-0.05, 0) is 43.5 Å². The van der Waals surface area contributed by atoms with Gasteiger partial charge >= 0.3 is 5.97 Å². The smallest absolute Gasteiger partial charge is 0.308 e. The number of benzene rings is 1. The highest BCUT2D eigenvalue weighted by atomic mass is 19.1. The summed E-state index contributed by atoms with van der Waals surface area (Å²) < 4.78 is 13.2. The predicted molar refractivity (Wildman–Crippen MR) is 67.4 cm³/mol. The monoisotopic (exact) mass is 265 g/mol. The van der Waals surface area contributed by atoms with Gasteiger partial charge in [-0.1, -0.05) is 6.42 Å². The third-order valence-electron chi connectivity index (χ3n) is 3.45. The molecule has 2 rings (SSSR count). The van der Waals surface area contributed by atoms with Crippen LogP contribution in [0.15, 0.2) is 18.2 Å². The maximum atomic E-state index is 13.2. The topological polar surface area (TPSA) is 66.4 Å². The van der Waals surface area contributed by atoms with E-state index in [9.17, 15) is 14.0 Å². The largest absolute Gasteiger partial charge is 0.481 e. The van der Waals surface area contributed by atoms with Crippen molar-refractivity contribution in [1.82, 2.24) is 5.32 Å². The van der Waals surface area contributed by atoms with Crippen LogP contribution >= 0.6 is 0 Å². The Balaban J connectivity index is 2.10. The highest BCUT2D eigenvalue weighted by molar-refractivity contribution is 5.95. The molecule has 4 nitrogen and oxygen atoms in total. The van der Waals surface area contributed by atoms with Crippen LogP contribution in [-0.2, 0) is 4.79 Å². The number of carboxylic acids is 1. The van der Waals surface area contributed by atoms with E-state index in [0.29, 0.717) is 18.4 Å². The number of carbonyl (C=O) groups excluding carboxylic acids is 1. The van der Waals surface area contributed by atoms with Crippen molar-refractivity contribution in [3.63, 3.8) is 0 Å². The van der Waals surface area contributed by atoms with Crippen LogP contribution in [0.5, 0.6) is 0 Å². The van der Waals surface area contributed by atoms with Gasteiger partial charge in [-0.15, -0.1) is 0 Å². The fourth-order valence-electron chi connectivity index (χ4n) is 2.55. The Labute approximate surface area is 110 Å². The minimum absolute atomic E-state index is 0.230. The van der Waals surface area contributed by atoms with Gasteiger partial charge in [-0.2, -0.15) is 0 Å². The van der Waals surface area contributed by atoms with Crippen molar-refractivity contribution >= 4 is 11.9 Å². The molecule has 1 aromatic rings. The second-order valence-corrected chi connectivity index (χ2v) is 4.97.